The van der Waals surface area contributed by atoms with Gasteiger partial charge < -0.3 is 15.5 Å². The van der Waals surface area contributed by atoms with Crippen molar-refractivity contribution in [2.75, 3.05) is 26.2 Å². The van der Waals surface area contributed by atoms with Crippen LogP contribution in [0.3, 0.4) is 0 Å². The van der Waals surface area contributed by atoms with Gasteiger partial charge in [0.1, 0.15) is 0 Å². The van der Waals surface area contributed by atoms with E-state index in [1.807, 2.05) is 4.90 Å². The van der Waals surface area contributed by atoms with Crippen molar-refractivity contribution >= 4 is 24.2 Å². The first-order chi connectivity index (χ1) is 9.22. The van der Waals surface area contributed by atoms with E-state index in [-0.39, 0.29) is 30.1 Å². The molecule has 0 aromatic rings. The Hall–Kier alpha value is -0.810. The molecule has 2 heterocycles. The largest absolute Gasteiger partial charge is 0.355 e. The van der Waals surface area contributed by atoms with Crippen molar-refractivity contribution in [1.82, 2.24) is 15.5 Å². The molecule has 6 heteroatoms. The lowest BCUT2D eigenvalue weighted by atomic mass is 10.0. The zero-order chi connectivity index (χ0) is 13.2. The van der Waals surface area contributed by atoms with Gasteiger partial charge in [-0.05, 0) is 38.1 Å². The molecule has 1 saturated carbocycles. The Kier molecular flexibility index (Phi) is 5.27. The van der Waals surface area contributed by atoms with Gasteiger partial charge in [0.05, 0.1) is 5.92 Å². The van der Waals surface area contributed by atoms with Gasteiger partial charge in [-0.3, -0.25) is 9.59 Å². The van der Waals surface area contributed by atoms with Gasteiger partial charge in [0, 0.05) is 32.1 Å². The first kappa shape index (κ1) is 15.6. The molecule has 20 heavy (non-hydrogen) atoms. The minimum atomic E-state index is -0.122. The molecule has 0 bridgehead atoms. The second kappa shape index (κ2) is 6.76. The third kappa shape index (κ3) is 3.85. The van der Waals surface area contributed by atoms with Crippen LogP contribution >= 0.6 is 12.4 Å². The van der Waals surface area contributed by atoms with E-state index < -0.39 is 0 Å². The van der Waals surface area contributed by atoms with Crippen LogP contribution in [-0.2, 0) is 9.59 Å². The third-order valence-corrected chi connectivity index (χ3v) is 4.53. The highest BCUT2D eigenvalue weighted by Gasteiger charge is 2.33. The summed E-state index contributed by atoms with van der Waals surface area (Å²) in [5, 5.41) is 6.35. The number of piperidine rings is 1. The van der Waals surface area contributed by atoms with Crippen molar-refractivity contribution in [3.8, 4) is 0 Å². The van der Waals surface area contributed by atoms with Crippen LogP contribution in [0, 0.1) is 11.8 Å². The Labute approximate surface area is 126 Å². The van der Waals surface area contributed by atoms with Crippen molar-refractivity contribution in [2.24, 2.45) is 11.8 Å². The summed E-state index contributed by atoms with van der Waals surface area (Å²) < 4.78 is 0. The monoisotopic (exact) mass is 301 g/mol. The van der Waals surface area contributed by atoms with Crippen LogP contribution in [0.2, 0.25) is 0 Å². The lowest BCUT2D eigenvalue weighted by molar-refractivity contribution is -0.136. The van der Waals surface area contributed by atoms with E-state index in [0.717, 1.165) is 38.4 Å². The summed E-state index contributed by atoms with van der Waals surface area (Å²) in [5.74, 6) is 0.969. The predicted octanol–water partition coefficient (Wildman–Crippen LogP) is 0.535. The second-order valence-corrected chi connectivity index (χ2v) is 6.16. The van der Waals surface area contributed by atoms with E-state index in [1.165, 1.54) is 12.8 Å². The predicted molar refractivity (Wildman–Crippen MR) is 78.7 cm³/mol. The molecule has 3 fully saturated rings. The molecule has 3 aliphatic rings. The Balaban J connectivity index is 0.00000147. The first-order valence-electron chi connectivity index (χ1n) is 7.51. The maximum Gasteiger partial charge on any atom is 0.227 e. The van der Waals surface area contributed by atoms with Crippen LogP contribution in [0.4, 0.5) is 0 Å². The number of rotatable bonds is 4. The topological polar surface area (TPSA) is 61.4 Å². The molecule has 2 aliphatic heterocycles. The Morgan fingerprint density at radius 2 is 1.95 bits per heavy atom. The van der Waals surface area contributed by atoms with Gasteiger partial charge in [0.25, 0.3) is 0 Å². The smallest absolute Gasteiger partial charge is 0.227 e. The van der Waals surface area contributed by atoms with E-state index in [1.54, 1.807) is 0 Å². The average Bonchev–Trinajstić information content (AvgIpc) is 3.17. The van der Waals surface area contributed by atoms with Crippen LogP contribution in [0.15, 0.2) is 0 Å². The van der Waals surface area contributed by atoms with Gasteiger partial charge in [-0.15, -0.1) is 12.4 Å². The molecule has 1 unspecified atom stereocenters. The zero-order valence-corrected chi connectivity index (χ0v) is 12.6. The van der Waals surface area contributed by atoms with Crippen molar-refractivity contribution in [2.45, 2.75) is 38.1 Å². The number of likely N-dealkylation sites (tertiary alicyclic amines) is 1. The highest BCUT2D eigenvalue weighted by atomic mass is 35.5. The number of amides is 2. The summed E-state index contributed by atoms with van der Waals surface area (Å²) in [6.45, 7) is 3.36. The third-order valence-electron chi connectivity index (χ3n) is 4.53. The molecule has 1 aliphatic carbocycles. The summed E-state index contributed by atoms with van der Waals surface area (Å²) in [6, 6.07) is 0.577. The molecule has 2 N–H and O–H groups in total. The van der Waals surface area contributed by atoms with Gasteiger partial charge >= 0.3 is 0 Å². The molecule has 0 spiro atoms. The van der Waals surface area contributed by atoms with E-state index in [9.17, 15) is 9.59 Å². The highest BCUT2D eigenvalue weighted by molar-refractivity contribution is 5.89. The Bertz CT molecular complexity index is 365. The van der Waals surface area contributed by atoms with Crippen molar-refractivity contribution in [1.29, 1.82) is 0 Å². The number of carbonyl (C=O) groups is 2. The normalized spacial score (nSPS) is 27.1. The number of halogens is 1. The molecule has 5 nitrogen and oxygen atoms in total. The first-order valence-corrected chi connectivity index (χ1v) is 7.51. The van der Waals surface area contributed by atoms with Crippen LogP contribution in [0.5, 0.6) is 0 Å². The van der Waals surface area contributed by atoms with Crippen LogP contribution in [0.1, 0.15) is 32.1 Å². The Morgan fingerprint density at radius 1 is 1.25 bits per heavy atom. The van der Waals surface area contributed by atoms with Crippen molar-refractivity contribution in [3.63, 3.8) is 0 Å². The number of hydrogen-bond donors (Lipinski definition) is 2. The van der Waals surface area contributed by atoms with E-state index in [2.05, 4.69) is 10.6 Å². The fraction of sp³-hybridized carbons (Fsp3) is 0.857. The molecule has 0 aromatic carbocycles. The average molecular weight is 302 g/mol. The molecule has 1 atom stereocenters. The SMILES string of the molecule is Cl.O=C1CC(C(=O)N2CCC(NCC3CC3)CC2)CN1. The Morgan fingerprint density at radius 3 is 2.50 bits per heavy atom. The van der Waals surface area contributed by atoms with Gasteiger partial charge in [-0.25, -0.2) is 0 Å². The van der Waals surface area contributed by atoms with Crippen molar-refractivity contribution < 1.29 is 9.59 Å². The summed E-state index contributed by atoms with van der Waals surface area (Å²) >= 11 is 0. The summed E-state index contributed by atoms with van der Waals surface area (Å²) in [6.07, 6.45) is 5.23. The quantitative estimate of drug-likeness (QED) is 0.796. The zero-order valence-electron chi connectivity index (χ0n) is 11.8. The minimum Gasteiger partial charge on any atom is -0.355 e. The van der Waals surface area contributed by atoms with Crippen molar-refractivity contribution in [3.05, 3.63) is 0 Å². The molecule has 114 valence electrons. The van der Waals surface area contributed by atoms with Crippen LogP contribution < -0.4 is 10.6 Å². The minimum absolute atomic E-state index is 0. The van der Waals surface area contributed by atoms with E-state index >= 15 is 0 Å². The van der Waals surface area contributed by atoms with Crippen LogP contribution in [-0.4, -0.2) is 48.9 Å². The van der Waals surface area contributed by atoms with Gasteiger partial charge in [0.15, 0.2) is 0 Å². The number of nitrogens with one attached hydrogen (secondary N) is 2. The maximum atomic E-state index is 12.2. The lowest BCUT2D eigenvalue weighted by Gasteiger charge is -2.33. The summed E-state index contributed by atoms with van der Waals surface area (Å²) in [5.41, 5.74) is 0. The standard InChI is InChI=1S/C14H23N3O2.ClH/c18-13-7-11(9-16-13)14(19)17-5-3-12(4-6-17)15-8-10-1-2-10;/h10-12,15H,1-9H2,(H,16,18);1H. The number of nitrogens with zero attached hydrogens (tertiary/aromatic N) is 1. The van der Waals surface area contributed by atoms with Gasteiger partial charge in [-0.2, -0.15) is 0 Å². The maximum absolute atomic E-state index is 12.2. The summed E-state index contributed by atoms with van der Waals surface area (Å²) in [7, 11) is 0. The molecule has 2 saturated heterocycles. The molecular weight excluding hydrogens is 278 g/mol. The molecule has 3 rings (SSSR count). The molecule has 0 radical (unpaired) electrons. The molecule has 2 amide bonds. The fourth-order valence-electron chi connectivity index (χ4n) is 3.00. The number of carbonyl (C=O) groups excluding carboxylic acids is 2. The highest BCUT2D eigenvalue weighted by Crippen LogP contribution is 2.28. The summed E-state index contributed by atoms with van der Waals surface area (Å²) in [4.78, 5) is 25.3. The van der Waals surface area contributed by atoms with E-state index in [0.29, 0.717) is 19.0 Å². The van der Waals surface area contributed by atoms with Crippen LogP contribution in [0.25, 0.3) is 0 Å². The van der Waals surface area contributed by atoms with Gasteiger partial charge in [0.2, 0.25) is 11.8 Å². The second-order valence-electron chi connectivity index (χ2n) is 6.16. The molecular formula is C14H24ClN3O2. The molecule has 0 aromatic heterocycles. The van der Waals surface area contributed by atoms with Gasteiger partial charge in [-0.1, -0.05) is 0 Å². The number of hydrogen-bond acceptors (Lipinski definition) is 3. The fourth-order valence-corrected chi connectivity index (χ4v) is 3.00. The van der Waals surface area contributed by atoms with E-state index in [4.69, 9.17) is 0 Å². The lowest BCUT2D eigenvalue weighted by Crippen LogP contribution is -2.47.